The Morgan fingerprint density at radius 3 is 2.46 bits per heavy atom. The lowest BCUT2D eigenvalue weighted by atomic mass is 9.86. The Morgan fingerprint density at radius 1 is 1.00 bits per heavy atom. The number of piperazine rings is 1. The number of ether oxygens (including phenoxy) is 3. The number of para-hydroxylation sites is 3. The summed E-state index contributed by atoms with van der Waals surface area (Å²) in [5.74, 6) is 2.13. The van der Waals surface area contributed by atoms with E-state index in [1.165, 1.54) is 18.4 Å². The molecule has 0 spiro atoms. The average molecular weight is 508 g/mol. The van der Waals surface area contributed by atoms with Gasteiger partial charge in [-0.2, -0.15) is 0 Å². The largest absolute Gasteiger partial charge is 0.495 e. The molecule has 0 bridgehead atoms. The molecule has 2 aliphatic rings. The molecule has 7 heteroatoms. The zero-order valence-electron chi connectivity index (χ0n) is 22.3. The van der Waals surface area contributed by atoms with Crippen molar-refractivity contribution < 1.29 is 19.0 Å². The summed E-state index contributed by atoms with van der Waals surface area (Å²) in [5.41, 5.74) is 2.36. The second-order valence-electron chi connectivity index (χ2n) is 9.87. The summed E-state index contributed by atoms with van der Waals surface area (Å²) in [4.78, 5) is 19.6. The van der Waals surface area contributed by atoms with Gasteiger partial charge in [-0.3, -0.25) is 14.6 Å². The van der Waals surface area contributed by atoms with Gasteiger partial charge in [0.05, 0.1) is 19.9 Å². The van der Waals surface area contributed by atoms with Crippen LogP contribution in [0.1, 0.15) is 24.8 Å². The maximum absolute atomic E-state index is 12.0. The van der Waals surface area contributed by atoms with Gasteiger partial charge in [0.2, 0.25) is 0 Å². The van der Waals surface area contributed by atoms with E-state index in [0.717, 1.165) is 70.2 Å². The van der Waals surface area contributed by atoms with Crippen molar-refractivity contribution in [2.24, 2.45) is 5.92 Å². The third-order valence-corrected chi connectivity index (χ3v) is 7.66. The number of piperidine rings is 1. The first kappa shape index (κ1) is 27.0. The summed E-state index contributed by atoms with van der Waals surface area (Å²) in [6, 6.07) is 17.0. The van der Waals surface area contributed by atoms with Crippen molar-refractivity contribution in [1.29, 1.82) is 0 Å². The van der Waals surface area contributed by atoms with Gasteiger partial charge < -0.3 is 19.1 Å². The van der Waals surface area contributed by atoms with E-state index < -0.39 is 0 Å². The van der Waals surface area contributed by atoms with Crippen LogP contribution in [-0.4, -0.2) is 81.9 Å². The predicted molar refractivity (Wildman–Crippen MR) is 147 cm³/mol. The van der Waals surface area contributed by atoms with Crippen molar-refractivity contribution in [3.8, 4) is 11.5 Å². The fourth-order valence-electron chi connectivity index (χ4n) is 5.76. The van der Waals surface area contributed by atoms with E-state index in [-0.39, 0.29) is 5.97 Å². The van der Waals surface area contributed by atoms with Crippen LogP contribution in [0, 0.1) is 5.92 Å². The number of carbonyl (C=O) groups is 1. The summed E-state index contributed by atoms with van der Waals surface area (Å²) in [5, 5.41) is 0. The van der Waals surface area contributed by atoms with Gasteiger partial charge in [-0.25, -0.2) is 0 Å². The molecule has 37 heavy (non-hydrogen) atoms. The van der Waals surface area contributed by atoms with Crippen LogP contribution in [0.5, 0.6) is 11.5 Å². The van der Waals surface area contributed by atoms with Gasteiger partial charge in [-0.15, -0.1) is 0 Å². The molecule has 0 N–H and O–H groups in total. The Kier molecular flexibility index (Phi) is 9.85. The SMILES string of the molecule is C=CCOc1ccccc1CN1CC[C@@H](N2CCN(c3ccccc3OC)CC2)[C@@H](CCC(=O)OC)C1. The fourth-order valence-corrected chi connectivity index (χ4v) is 5.76. The number of hydrogen-bond acceptors (Lipinski definition) is 7. The number of esters is 1. The van der Waals surface area contributed by atoms with Crippen LogP contribution < -0.4 is 14.4 Å². The Labute approximate surface area is 221 Å². The number of anilines is 1. The van der Waals surface area contributed by atoms with E-state index in [9.17, 15) is 4.79 Å². The van der Waals surface area contributed by atoms with Crippen molar-refractivity contribution in [2.45, 2.75) is 31.8 Å². The zero-order valence-corrected chi connectivity index (χ0v) is 22.3. The molecule has 2 fully saturated rings. The summed E-state index contributed by atoms with van der Waals surface area (Å²) in [7, 11) is 3.21. The van der Waals surface area contributed by atoms with Crippen LogP contribution in [0.15, 0.2) is 61.2 Å². The number of likely N-dealkylation sites (tertiary alicyclic amines) is 1. The lowest BCUT2D eigenvalue weighted by Gasteiger charge is -2.47. The van der Waals surface area contributed by atoms with E-state index in [2.05, 4.69) is 45.5 Å². The van der Waals surface area contributed by atoms with Crippen LogP contribution in [0.2, 0.25) is 0 Å². The third-order valence-electron chi connectivity index (χ3n) is 7.66. The molecule has 0 amide bonds. The van der Waals surface area contributed by atoms with E-state index in [0.29, 0.717) is 25.0 Å². The molecule has 2 heterocycles. The molecule has 200 valence electrons. The fraction of sp³-hybridized carbons (Fsp3) is 0.500. The minimum absolute atomic E-state index is 0.125. The Morgan fingerprint density at radius 2 is 1.73 bits per heavy atom. The van der Waals surface area contributed by atoms with Crippen LogP contribution >= 0.6 is 0 Å². The smallest absolute Gasteiger partial charge is 0.305 e. The molecule has 7 nitrogen and oxygen atoms in total. The van der Waals surface area contributed by atoms with E-state index in [1.54, 1.807) is 13.2 Å². The minimum atomic E-state index is -0.125. The van der Waals surface area contributed by atoms with Crippen LogP contribution in [0.3, 0.4) is 0 Å². The predicted octanol–water partition coefficient (Wildman–Crippen LogP) is 4.23. The molecular weight excluding hydrogens is 466 g/mol. The first-order valence-electron chi connectivity index (χ1n) is 13.4. The normalized spacial score (nSPS) is 20.9. The molecule has 0 aliphatic carbocycles. The van der Waals surface area contributed by atoms with E-state index >= 15 is 0 Å². The van der Waals surface area contributed by atoms with Gasteiger partial charge in [-0.1, -0.05) is 43.0 Å². The summed E-state index contributed by atoms with van der Waals surface area (Å²) in [6.07, 6.45) is 4.18. The van der Waals surface area contributed by atoms with Crippen molar-refractivity contribution >= 4 is 11.7 Å². The highest BCUT2D eigenvalue weighted by Gasteiger charge is 2.35. The van der Waals surface area contributed by atoms with Crippen molar-refractivity contribution in [1.82, 2.24) is 9.80 Å². The van der Waals surface area contributed by atoms with Gasteiger partial charge >= 0.3 is 5.97 Å². The molecule has 0 radical (unpaired) electrons. The summed E-state index contributed by atoms with van der Waals surface area (Å²) < 4.78 is 16.5. The van der Waals surface area contributed by atoms with Gasteiger partial charge in [0.25, 0.3) is 0 Å². The first-order chi connectivity index (χ1) is 18.1. The Bertz CT molecular complexity index is 1020. The Hall–Kier alpha value is -3.03. The van der Waals surface area contributed by atoms with Gasteiger partial charge in [0.15, 0.2) is 0 Å². The highest BCUT2D eigenvalue weighted by atomic mass is 16.5. The van der Waals surface area contributed by atoms with E-state index in [1.807, 2.05) is 24.3 Å². The molecule has 2 aromatic carbocycles. The number of benzene rings is 2. The monoisotopic (exact) mass is 507 g/mol. The van der Waals surface area contributed by atoms with Crippen molar-refractivity contribution in [2.75, 3.05) is 65.0 Å². The highest BCUT2D eigenvalue weighted by molar-refractivity contribution is 5.69. The van der Waals surface area contributed by atoms with Crippen LogP contribution in [0.4, 0.5) is 5.69 Å². The lowest BCUT2D eigenvalue weighted by Crippen LogP contribution is -2.56. The second-order valence-corrected chi connectivity index (χ2v) is 9.87. The zero-order chi connectivity index (χ0) is 26.0. The van der Waals surface area contributed by atoms with Gasteiger partial charge in [-0.05, 0) is 43.5 Å². The Balaban J connectivity index is 1.41. The molecule has 2 aliphatic heterocycles. The maximum Gasteiger partial charge on any atom is 0.305 e. The molecule has 0 aromatic heterocycles. The molecule has 2 atom stereocenters. The second kappa shape index (κ2) is 13.5. The number of methoxy groups -OCH3 is 2. The number of rotatable bonds is 11. The average Bonchev–Trinajstić information content (AvgIpc) is 2.95. The molecule has 4 rings (SSSR count). The van der Waals surface area contributed by atoms with Crippen LogP contribution in [-0.2, 0) is 16.1 Å². The third kappa shape index (κ3) is 7.05. The van der Waals surface area contributed by atoms with E-state index in [4.69, 9.17) is 14.2 Å². The molecule has 2 saturated heterocycles. The minimum Gasteiger partial charge on any atom is -0.495 e. The summed E-state index contributed by atoms with van der Waals surface area (Å²) >= 11 is 0. The van der Waals surface area contributed by atoms with Crippen LogP contribution in [0.25, 0.3) is 0 Å². The molecule has 2 aromatic rings. The molecular formula is C30H41N3O4. The highest BCUT2D eigenvalue weighted by Crippen LogP contribution is 2.32. The number of carbonyl (C=O) groups excluding carboxylic acids is 1. The quantitative estimate of drug-likeness (QED) is 0.333. The van der Waals surface area contributed by atoms with Crippen molar-refractivity contribution in [3.63, 3.8) is 0 Å². The molecule has 0 unspecified atom stereocenters. The topological polar surface area (TPSA) is 54.5 Å². The standard InChI is InChI=1S/C30H41N3O4/c1-4-21-37-28-11-7-5-9-25(28)23-31-16-15-26(24(22-31)13-14-30(34)36-3)32-17-19-33(20-18-32)27-10-6-8-12-29(27)35-2/h4-12,24,26H,1,13-23H2,2-3H3/t24-,26+/m0/s1. The van der Waals surface area contributed by atoms with Crippen molar-refractivity contribution in [3.05, 3.63) is 66.7 Å². The lowest BCUT2D eigenvalue weighted by molar-refractivity contribution is -0.141. The molecule has 0 saturated carbocycles. The van der Waals surface area contributed by atoms with Gasteiger partial charge in [0.1, 0.15) is 18.1 Å². The summed E-state index contributed by atoms with van der Waals surface area (Å²) in [6.45, 7) is 11.1. The number of nitrogens with zero attached hydrogens (tertiary/aromatic N) is 3. The maximum atomic E-state index is 12.0. The first-order valence-corrected chi connectivity index (χ1v) is 13.4. The van der Waals surface area contributed by atoms with Gasteiger partial charge in [0, 0.05) is 57.3 Å². The number of hydrogen-bond donors (Lipinski definition) is 0.